The summed E-state index contributed by atoms with van der Waals surface area (Å²) in [7, 11) is 0. The third-order valence-corrected chi connectivity index (χ3v) is 5.35. The smallest absolute Gasteiger partial charge is 0.140 e. The molecular formula is C15H14ClN3S2. The van der Waals surface area contributed by atoms with Crippen LogP contribution in [0.15, 0.2) is 40.9 Å². The van der Waals surface area contributed by atoms with Crippen molar-refractivity contribution in [1.82, 2.24) is 9.97 Å². The molecular weight excluding hydrogens is 322 g/mol. The maximum absolute atomic E-state index is 6.23. The Kier molecular flexibility index (Phi) is 4.33. The van der Waals surface area contributed by atoms with Crippen LogP contribution in [0.5, 0.6) is 0 Å². The van der Waals surface area contributed by atoms with Crippen LogP contribution in [-0.2, 0) is 0 Å². The van der Waals surface area contributed by atoms with E-state index in [1.807, 2.05) is 5.38 Å². The number of thiophene rings is 1. The highest BCUT2D eigenvalue weighted by molar-refractivity contribution is 7.98. The number of nitrogens with one attached hydrogen (secondary N) is 1. The molecule has 2 heterocycles. The molecule has 1 unspecified atom stereocenters. The van der Waals surface area contributed by atoms with Gasteiger partial charge >= 0.3 is 0 Å². The summed E-state index contributed by atoms with van der Waals surface area (Å²) in [6, 6.07) is 8.68. The molecule has 0 aliphatic rings. The minimum absolute atomic E-state index is 0.148. The van der Waals surface area contributed by atoms with Gasteiger partial charge in [-0.05, 0) is 30.9 Å². The molecule has 1 aromatic carbocycles. The molecule has 0 bridgehead atoms. The van der Waals surface area contributed by atoms with E-state index in [1.165, 1.54) is 21.8 Å². The zero-order chi connectivity index (χ0) is 14.8. The predicted octanol–water partition coefficient (Wildman–Crippen LogP) is 5.24. The van der Waals surface area contributed by atoms with E-state index in [0.717, 1.165) is 16.0 Å². The van der Waals surface area contributed by atoms with Gasteiger partial charge < -0.3 is 5.32 Å². The van der Waals surface area contributed by atoms with Gasteiger partial charge in [-0.15, -0.1) is 23.1 Å². The second kappa shape index (κ2) is 6.22. The summed E-state index contributed by atoms with van der Waals surface area (Å²) in [6.07, 6.45) is 3.65. The second-order valence-corrected chi connectivity index (χ2v) is 6.77. The Balaban J connectivity index is 1.88. The van der Waals surface area contributed by atoms with Crippen molar-refractivity contribution < 1.29 is 0 Å². The average Bonchev–Trinajstić information content (AvgIpc) is 2.90. The van der Waals surface area contributed by atoms with Crippen molar-refractivity contribution >= 4 is 50.7 Å². The fraction of sp³-hybridized carbons (Fsp3) is 0.200. The predicted molar refractivity (Wildman–Crippen MR) is 92.7 cm³/mol. The molecule has 0 aliphatic heterocycles. The van der Waals surface area contributed by atoms with Gasteiger partial charge in [0.2, 0.25) is 0 Å². The first kappa shape index (κ1) is 14.6. The largest absolute Gasteiger partial charge is 0.363 e. The summed E-state index contributed by atoms with van der Waals surface area (Å²) in [6.45, 7) is 2.11. The van der Waals surface area contributed by atoms with Gasteiger partial charge in [-0.2, -0.15) is 0 Å². The summed E-state index contributed by atoms with van der Waals surface area (Å²) in [5.74, 6) is 0.785. The highest BCUT2D eigenvalue weighted by Gasteiger charge is 2.13. The third-order valence-electron chi connectivity index (χ3n) is 3.29. The Bertz CT molecular complexity index is 755. The molecule has 0 aliphatic carbocycles. The molecule has 21 heavy (non-hydrogen) atoms. The van der Waals surface area contributed by atoms with Crippen LogP contribution in [0.1, 0.15) is 18.5 Å². The van der Waals surface area contributed by atoms with E-state index in [-0.39, 0.29) is 6.04 Å². The number of nitrogens with zero attached hydrogens (tertiary/aromatic N) is 2. The number of aromatic nitrogens is 2. The van der Waals surface area contributed by atoms with Gasteiger partial charge in [0, 0.05) is 16.3 Å². The van der Waals surface area contributed by atoms with Crippen LogP contribution in [0.2, 0.25) is 5.02 Å². The maximum Gasteiger partial charge on any atom is 0.140 e. The van der Waals surface area contributed by atoms with Crippen LogP contribution in [0.3, 0.4) is 0 Å². The lowest BCUT2D eigenvalue weighted by molar-refractivity contribution is 0.874. The standard InChI is InChI=1S/C15H14ClN3S2/c1-9(10-3-5-11(20-2)6-4-10)19-14-13-12(16)7-21-15(13)18-8-17-14/h3-9H,1-2H3,(H,17,18,19). The number of anilines is 1. The highest BCUT2D eigenvalue weighted by Crippen LogP contribution is 2.34. The summed E-state index contributed by atoms with van der Waals surface area (Å²) in [5, 5.41) is 6.92. The molecule has 1 N–H and O–H groups in total. The molecule has 6 heteroatoms. The Morgan fingerprint density at radius 1 is 1.24 bits per heavy atom. The van der Waals surface area contributed by atoms with Crippen LogP contribution < -0.4 is 5.32 Å². The van der Waals surface area contributed by atoms with E-state index < -0.39 is 0 Å². The molecule has 0 radical (unpaired) electrons. The topological polar surface area (TPSA) is 37.8 Å². The fourth-order valence-electron chi connectivity index (χ4n) is 2.13. The minimum atomic E-state index is 0.148. The van der Waals surface area contributed by atoms with Crippen molar-refractivity contribution in [3.63, 3.8) is 0 Å². The normalized spacial score (nSPS) is 12.5. The Labute approximate surface area is 136 Å². The maximum atomic E-state index is 6.23. The lowest BCUT2D eigenvalue weighted by atomic mass is 10.1. The Morgan fingerprint density at radius 3 is 2.71 bits per heavy atom. The van der Waals surface area contributed by atoms with E-state index in [4.69, 9.17) is 11.6 Å². The quantitative estimate of drug-likeness (QED) is 0.662. The van der Waals surface area contributed by atoms with Gasteiger partial charge in [0.05, 0.1) is 10.4 Å². The first-order valence-electron chi connectivity index (χ1n) is 6.47. The van der Waals surface area contributed by atoms with Crippen molar-refractivity contribution in [2.75, 3.05) is 11.6 Å². The number of fused-ring (bicyclic) bond motifs is 1. The zero-order valence-corrected chi connectivity index (χ0v) is 14.0. The van der Waals surface area contributed by atoms with E-state index in [2.05, 4.69) is 52.7 Å². The summed E-state index contributed by atoms with van der Waals surface area (Å²) in [5.41, 5.74) is 1.21. The molecule has 0 saturated heterocycles. The van der Waals surface area contributed by atoms with Gasteiger partial charge in [-0.25, -0.2) is 9.97 Å². The molecule has 0 fully saturated rings. The summed E-state index contributed by atoms with van der Waals surface area (Å²) < 4.78 is 0. The molecule has 1 atom stereocenters. The molecule has 108 valence electrons. The summed E-state index contributed by atoms with van der Waals surface area (Å²) >= 11 is 9.51. The molecule has 0 spiro atoms. The minimum Gasteiger partial charge on any atom is -0.363 e. The Morgan fingerprint density at radius 2 is 2.00 bits per heavy atom. The number of rotatable bonds is 4. The van der Waals surface area contributed by atoms with Crippen LogP contribution in [0.4, 0.5) is 5.82 Å². The number of hydrogen-bond acceptors (Lipinski definition) is 5. The van der Waals surface area contributed by atoms with Crippen molar-refractivity contribution in [3.8, 4) is 0 Å². The molecule has 2 aromatic heterocycles. The lowest BCUT2D eigenvalue weighted by Gasteiger charge is -2.16. The van der Waals surface area contributed by atoms with Crippen LogP contribution >= 0.6 is 34.7 Å². The Hall–Kier alpha value is -1.30. The van der Waals surface area contributed by atoms with Crippen molar-refractivity contribution in [3.05, 3.63) is 46.6 Å². The van der Waals surface area contributed by atoms with Crippen molar-refractivity contribution in [1.29, 1.82) is 0 Å². The summed E-state index contributed by atoms with van der Waals surface area (Å²) in [4.78, 5) is 10.7. The average molecular weight is 336 g/mol. The molecule has 0 saturated carbocycles. The first-order chi connectivity index (χ1) is 10.2. The van der Waals surface area contributed by atoms with Crippen molar-refractivity contribution in [2.24, 2.45) is 0 Å². The SMILES string of the molecule is CSc1ccc(C(C)Nc2ncnc3scc(Cl)c23)cc1. The van der Waals surface area contributed by atoms with Gasteiger partial charge in [0.25, 0.3) is 0 Å². The number of thioether (sulfide) groups is 1. The van der Waals surface area contributed by atoms with Crippen LogP contribution in [0, 0.1) is 0 Å². The van der Waals surface area contributed by atoms with Gasteiger partial charge in [0.15, 0.2) is 0 Å². The van der Waals surface area contributed by atoms with E-state index in [1.54, 1.807) is 18.1 Å². The molecule has 3 nitrogen and oxygen atoms in total. The highest BCUT2D eigenvalue weighted by atomic mass is 35.5. The van der Waals surface area contributed by atoms with Crippen LogP contribution in [0.25, 0.3) is 10.2 Å². The van der Waals surface area contributed by atoms with E-state index in [0.29, 0.717) is 5.02 Å². The van der Waals surface area contributed by atoms with Gasteiger partial charge in [0.1, 0.15) is 17.0 Å². The number of halogens is 1. The van der Waals surface area contributed by atoms with Gasteiger partial charge in [-0.3, -0.25) is 0 Å². The molecule has 3 rings (SSSR count). The second-order valence-electron chi connectivity index (χ2n) is 4.63. The van der Waals surface area contributed by atoms with Gasteiger partial charge in [-0.1, -0.05) is 23.7 Å². The van der Waals surface area contributed by atoms with E-state index >= 15 is 0 Å². The monoisotopic (exact) mass is 335 g/mol. The number of benzene rings is 1. The number of hydrogen-bond donors (Lipinski definition) is 1. The van der Waals surface area contributed by atoms with Crippen molar-refractivity contribution in [2.45, 2.75) is 17.9 Å². The molecule has 3 aromatic rings. The van der Waals surface area contributed by atoms with E-state index in [9.17, 15) is 0 Å². The first-order valence-corrected chi connectivity index (χ1v) is 8.95. The lowest BCUT2D eigenvalue weighted by Crippen LogP contribution is -2.08. The zero-order valence-electron chi connectivity index (χ0n) is 11.6. The molecule has 0 amide bonds. The third kappa shape index (κ3) is 3.00. The van der Waals surface area contributed by atoms with Crippen LogP contribution in [-0.4, -0.2) is 16.2 Å². The fourth-order valence-corrected chi connectivity index (χ4v) is 3.67.